The molecule has 24 heavy (non-hydrogen) atoms. The molecule has 2 aromatic rings. The minimum Gasteiger partial charge on any atom is -0.473 e. The van der Waals surface area contributed by atoms with Crippen molar-refractivity contribution < 1.29 is 14.0 Å². The van der Waals surface area contributed by atoms with Crippen LogP contribution in [0.15, 0.2) is 36.7 Å². The van der Waals surface area contributed by atoms with E-state index in [2.05, 4.69) is 9.97 Å². The number of aryl methyl sites for hydroxylation is 1. The second kappa shape index (κ2) is 6.18. The molecule has 0 N–H and O–H groups in total. The Balaban J connectivity index is 1.63. The summed E-state index contributed by atoms with van der Waals surface area (Å²) in [7, 11) is -0.405. The van der Waals surface area contributed by atoms with Gasteiger partial charge in [-0.1, -0.05) is 12.1 Å². The molecule has 1 saturated heterocycles. The van der Waals surface area contributed by atoms with Gasteiger partial charge in [-0.2, -0.15) is 0 Å². The lowest BCUT2D eigenvalue weighted by Gasteiger charge is -2.32. The van der Waals surface area contributed by atoms with Crippen molar-refractivity contribution in [3.63, 3.8) is 0 Å². The van der Waals surface area contributed by atoms with Crippen LogP contribution in [0.4, 0.5) is 0 Å². The number of rotatable bonds is 4. The average molecular weight is 326 g/mol. The molecule has 0 aromatic carbocycles. The lowest BCUT2D eigenvalue weighted by molar-refractivity contribution is 0.00578. The molecule has 0 atom stereocenters. The SMILES string of the molecule is Cc1ccc(COc2ccc(B3OC(C)(C)C(C)(C)O3)cn2)cn1. The first-order valence-electron chi connectivity index (χ1n) is 8.13. The largest absolute Gasteiger partial charge is 0.496 e. The van der Waals surface area contributed by atoms with Crippen molar-refractivity contribution in [2.45, 2.75) is 52.4 Å². The molecule has 0 radical (unpaired) electrons. The maximum atomic E-state index is 6.02. The Hall–Kier alpha value is -1.92. The van der Waals surface area contributed by atoms with Crippen molar-refractivity contribution in [1.29, 1.82) is 0 Å². The zero-order valence-corrected chi connectivity index (χ0v) is 14.9. The van der Waals surface area contributed by atoms with Crippen LogP contribution in [0.2, 0.25) is 0 Å². The molecular formula is C18H23BN2O3. The first-order chi connectivity index (χ1) is 11.3. The predicted octanol–water partition coefficient (Wildman–Crippen LogP) is 2.66. The lowest BCUT2D eigenvalue weighted by Crippen LogP contribution is -2.41. The number of nitrogens with zero attached hydrogens (tertiary/aromatic N) is 2. The van der Waals surface area contributed by atoms with Crippen LogP contribution < -0.4 is 10.2 Å². The average Bonchev–Trinajstić information content (AvgIpc) is 2.75. The van der Waals surface area contributed by atoms with Crippen LogP contribution in [0.3, 0.4) is 0 Å². The maximum Gasteiger partial charge on any atom is 0.496 e. The van der Waals surface area contributed by atoms with Crippen molar-refractivity contribution in [3.05, 3.63) is 47.9 Å². The van der Waals surface area contributed by atoms with Gasteiger partial charge in [0.25, 0.3) is 0 Å². The summed E-state index contributed by atoms with van der Waals surface area (Å²) in [6, 6.07) is 7.73. The van der Waals surface area contributed by atoms with E-state index >= 15 is 0 Å². The standard InChI is InChI=1S/C18H23BN2O3/c1-13-6-7-14(10-20-13)12-22-16-9-8-15(11-21-16)19-23-17(2,3)18(4,5)24-19/h6-11H,12H2,1-5H3. The van der Waals surface area contributed by atoms with Gasteiger partial charge in [0.2, 0.25) is 5.88 Å². The number of hydrogen-bond acceptors (Lipinski definition) is 5. The summed E-state index contributed by atoms with van der Waals surface area (Å²) in [6.45, 7) is 10.5. The maximum absolute atomic E-state index is 6.02. The Morgan fingerprint density at radius 3 is 2.21 bits per heavy atom. The lowest BCUT2D eigenvalue weighted by atomic mass is 9.80. The van der Waals surface area contributed by atoms with Gasteiger partial charge in [-0.25, -0.2) is 4.98 Å². The third kappa shape index (κ3) is 3.44. The first-order valence-corrected chi connectivity index (χ1v) is 8.13. The molecule has 3 heterocycles. The van der Waals surface area contributed by atoms with Gasteiger partial charge < -0.3 is 14.0 Å². The highest BCUT2D eigenvalue weighted by atomic mass is 16.7. The molecule has 0 unspecified atom stereocenters. The normalized spacial score (nSPS) is 18.6. The van der Waals surface area contributed by atoms with Gasteiger partial charge in [0.1, 0.15) is 6.61 Å². The molecule has 2 aromatic heterocycles. The highest BCUT2D eigenvalue weighted by Gasteiger charge is 2.51. The molecule has 1 aliphatic heterocycles. The summed E-state index contributed by atoms with van der Waals surface area (Å²) in [5.74, 6) is 0.566. The van der Waals surface area contributed by atoms with E-state index in [9.17, 15) is 0 Å². The van der Waals surface area contributed by atoms with Crippen LogP contribution in [0.1, 0.15) is 39.0 Å². The zero-order chi connectivity index (χ0) is 17.4. The zero-order valence-electron chi connectivity index (χ0n) is 14.9. The van der Waals surface area contributed by atoms with Gasteiger partial charge in [-0.15, -0.1) is 0 Å². The molecule has 6 heteroatoms. The highest BCUT2D eigenvalue weighted by Crippen LogP contribution is 2.36. The van der Waals surface area contributed by atoms with Crippen LogP contribution in [-0.2, 0) is 15.9 Å². The fourth-order valence-corrected chi connectivity index (χ4v) is 2.34. The molecule has 126 valence electrons. The number of ether oxygens (including phenoxy) is 1. The van der Waals surface area contributed by atoms with E-state index in [-0.39, 0.29) is 11.2 Å². The van der Waals surface area contributed by atoms with E-state index in [1.54, 1.807) is 6.20 Å². The van der Waals surface area contributed by atoms with Gasteiger partial charge in [0, 0.05) is 29.1 Å². The van der Waals surface area contributed by atoms with Crippen LogP contribution in [0.25, 0.3) is 0 Å². The first kappa shape index (κ1) is 16.9. The van der Waals surface area contributed by atoms with E-state index in [1.807, 2.05) is 65.1 Å². The molecule has 0 aliphatic carbocycles. The summed E-state index contributed by atoms with van der Waals surface area (Å²) in [5, 5.41) is 0. The minimum absolute atomic E-state index is 0.356. The van der Waals surface area contributed by atoms with Gasteiger partial charge in [0.05, 0.1) is 11.2 Å². The van der Waals surface area contributed by atoms with E-state index < -0.39 is 7.12 Å². The fourth-order valence-electron chi connectivity index (χ4n) is 2.34. The van der Waals surface area contributed by atoms with Crippen molar-refractivity contribution in [3.8, 4) is 5.88 Å². The van der Waals surface area contributed by atoms with Crippen molar-refractivity contribution in [2.75, 3.05) is 0 Å². The second-order valence-electron chi connectivity index (χ2n) is 7.11. The van der Waals surface area contributed by atoms with E-state index in [0.29, 0.717) is 12.5 Å². The van der Waals surface area contributed by atoms with Crippen LogP contribution >= 0.6 is 0 Å². The van der Waals surface area contributed by atoms with Gasteiger partial charge in [0.15, 0.2) is 0 Å². The molecular weight excluding hydrogens is 303 g/mol. The second-order valence-corrected chi connectivity index (χ2v) is 7.11. The summed E-state index contributed by atoms with van der Waals surface area (Å²) >= 11 is 0. The molecule has 0 spiro atoms. The van der Waals surface area contributed by atoms with Gasteiger partial charge >= 0.3 is 7.12 Å². The third-order valence-electron chi connectivity index (χ3n) is 4.64. The number of hydrogen-bond donors (Lipinski definition) is 0. The molecule has 1 aliphatic rings. The number of aromatic nitrogens is 2. The molecule has 0 bridgehead atoms. The van der Waals surface area contributed by atoms with Gasteiger partial charge in [-0.3, -0.25) is 4.98 Å². The highest BCUT2D eigenvalue weighted by molar-refractivity contribution is 6.62. The summed E-state index contributed by atoms with van der Waals surface area (Å²) in [5.41, 5.74) is 2.18. The smallest absolute Gasteiger partial charge is 0.473 e. The predicted molar refractivity (Wildman–Crippen MR) is 93.3 cm³/mol. The van der Waals surface area contributed by atoms with E-state index in [1.165, 1.54) is 0 Å². The molecule has 5 nitrogen and oxygen atoms in total. The quantitative estimate of drug-likeness (QED) is 0.809. The van der Waals surface area contributed by atoms with Crippen LogP contribution in [0, 0.1) is 6.92 Å². The molecule has 3 rings (SSSR count). The Morgan fingerprint density at radius 2 is 1.67 bits per heavy atom. The topological polar surface area (TPSA) is 53.5 Å². The summed E-state index contributed by atoms with van der Waals surface area (Å²) < 4.78 is 17.7. The number of pyridine rings is 2. The third-order valence-corrected chi connectivity index (χ3v) is 4.64. The van der Waals surface area contributed by atoms with Crippen molar-refractivity contribution >= 4 is 12.6 Å². The fraction of sp³-hybridized carbons (Fsp3) is 0.444. The van der Waals surface area contributed by atoms with E-state index in [4.69, 9.17) is 14.0 Å². The molecule has 1 fully saturated rings. The molecule has 0 saturated carbocycles. The summed E-state index contributed by atoms with van der Waals surface area (Å²) in [6.07, 6.45) is 3.55. The Bertz CT molecular complexity index is 683. The summed E-state index contributed by atoms with van der Waals surface area (Å²) in [4.78, 5) is 8.60. The van der Waals surface area contributed by atoms with E-state index in [0.717, 1.165) is 16.7 Å². The Kier molecular flexibility index (Phi) is 4.36. The van der Waals surface area contributed by atoms with Gasteiger partial charge in [-0.05, 0) is 46.8 Å². The van der Waals surface area contributed by atoms with Crippen molar-refractivity contribution in [1.82, 2.24) is 9.97 Å². The monoisotopic (exact) mass is 326 g/mol. The van der Waals surface area contributed by atoms with Crippen LogP contribution in [-0.4, -0.2) is 28.3 Å². The Morgan fingerprint density at radius 1 is 0.958 bits per heavy atom. The Labute approximate surface area is 143 Å². The molecule has 0 amide bonds. The minimum atomic E-state index is -0.405. The van der Waals surface area contributed by atoms with Crippen molar-refractivity contribution in [2.24, 2.45) is 0 Å². The van der Waals surface area contributed by atoms with Crippen LogP contribution in [0.5, 0.6) is 5.88 Å².